The predicted molar refractivity (Wildman–Crippen MR) is 28.5 cm³/mol. The summed E-state index contributed by atoms with van der Waals surface area (Å²) in [6, 6.07) is 0. The van der Waals surface area contributed by atoms with E-state index in [1.807, 2.05) is 0 Å². The molecule has 0 N–H and O–H groups in total. The van der Waals surface area contributed by atoms with Gasteiger partial charge in [0.15, 0.2) is 0 Å². The van der Waals surface area contributed by atoms with Gasteiger partial charge < -0.3 is 4.52 Å². The number of hydrogen-bond acceptors (Lipinski definition) is 3. The molecule has 3 nitrogen and oxygen atoms in total. The van der Waals surface area contributed by atoms with Crippen LogP contribution in [0.1, 0.15) is 13.8 Å². The van der Waals surface area contributed by atoms with Crippen LogP contribution in [0.25, 0.3) is 0 Å². The van der Waals surface area contributed by atoms with Crippen LogP contribution >= 0.6 is 8.69 Å². The van der Waals surface area contributed by atoms with E-state index in [0.717, 1.165) is 0 Å². The summed E-state index contributed by atoms with van der Waals surface area (Å²) in [4.78, 5) is 10.3. The first-order valence-electron chi connectivity index (χ1n) is 2.22. The molecule has 0 saturated carbocycles. The van der Waals surface area contributed by atoms with Crippen molar-refractivity contribution < 1.29 is 13.9 Å². The van der Waals surface area contributed by atoms with E-state index < -0.39 is 14.7 Å². The van der Waals surface area contributed by atoms with Gasteiger partial charge in [0.25, 0.3) is 0 Å². The molecule has 46 valence electrons. The first-order valence-corrected chi connectivity index (χ1v) is 2.95. The van der Waals surface area contributed by atoms with E-state index in [9.17, 15) is 9.36 Å². The van der Waals surface area contributed by atoms with Gasteiger partial charge in [-0.2, -0.15) is 0 Å². The molecule has 0 atom stereocenters. The lowest BCUT2D eigenvalue weighted by atomic mass is 10.2. The third kappa shape index (κ3) is 2.69. The van der Waals surface area contributed by atoms with Gasteiger partial charge in [-0.25, -0.2) is 4.57 Å². The molecular formula is C4H7O3P. The lowest BCUT2D eigenvalue weighted by Crippen LogP contribution is -2.05. The molecule has 0 radical (unpaired) electrons. The summed E-state index contributed by atoms with van der Waals surface area (Å²) >= 11 is 0. The van der Waals surface area contributed by atoms with E-state index in [-0.39, 0.29) is 5.92 Å². The second kappa shape index (κ2) is 3.56. The van der Waals surface area contributed by atoms with Gasteiger partial charge in [0.2, 0.25) is 0 Å². The quantitative estimate of drug-likeness (QED) is 0.536. The van der Waals surface area contributed by atoms with Crippen LogP contribution in [0.15, 0.2) is 0 Å². The molecule has 0 aliphatic rings. The van der Waals surface area contributed by atoms with E-state index in [0.29, 0.717) is 0 Å². The number of rotatable bonds is 2. The van der Waals surface area contributed by atoms with Gasteiger partial charge in [0, 0.05) is 0 Å². The lowest BCUT2D eigenvalue weighted by molar-refractivity contribution is -0.136. The smallest absolute Gasteiger partial charge is 0.373 e. The van der Waals surface area contributed by atoms with Gasteiger partial charge >= 0.3 is 14.7 Å². The van der Waals surface area contributed by atoms with E-state index in [4.69, 9.17) is 0 Å². The molecule has 0 aliphatic heterocycles. The van der Waals surface area contributed by atoms with Crippen LogP contribution in [-0.4, -0.2) is 5.97 Å². The zero-order valence-electron chi connectivity index (χ0n) is 4.75. The van der Waals surface area contributed by atoms with Crippen molar-refractivity contribution in [1.82, 2.24) is 0 Å². The number of hydrogen-bond donors (Lipinski definition) is 0. The highest BCUT2D eigenvalue weighted by Crippen LogP contribution is 2.02. The minimum absolute atomic E-state index is 0.198. The average molecular weight is 134 g/mol. The molecule has 0 aromatic rings. The van der Waals surface area contributed by atoms with Crippen LogP contribution in [0.3, 0.4) is 0 Å². The first-order chi connectivity index (χ1) is 3.68. The second-order valence-corrected chi connectivity index (χ2v) is 1.97. The van der Waals surface area contributed by atoms with Gasteiger partial charge in [-0.05, 0) is 0 Å². The van der Waals surface area contributed by atoms with Crippen LogP contribution in [0.5, 0.6) is 0 Å². The van der Waals surface area contributed by atoms with Crippen LogP contribution in [0, 0.1) is 5.92 Å². The maximum Gasteiger partial charge on any atom is 0.398 e. The Bertz CT molecular complexity index is 99.5. The molecule has 0 fully saturated rings. The molecule has 0 amide bonds. The monoisotopic (exact) mass is 134 g/mol. The van der Waals surface area contributed by atoms with Crippen LogP contribution in [-0.2, 0) is 13.9 Å². The average Bonchev–Trinajstić information content (AvgIpc) is 1.67. The Labute approximate surface area is 49.3 Å². The first kappa shape index (κ1) is 7.57. The largest absolute Gasteiger partial charge is 0.398 e. The Hall–Kier alpha value is -0.430. The van der Waals surface area contributed by atoms with E-state index in [1.165, 1.54) is 0 Å². The van der Waals surface area contributed by atoms with Crippen molar-refractivity contribution in [3.8, 4) is 0 Å². The van der Waals surface area contributed by atoms with Gasteiger partial charge in [0.05, 0.1) is 5.92 Å². The van der Waals surface area contributed by atoms with Crippen molar-refractivity contribution in [3.63, 3.8) is 0 Å². The Morgan fingerprint density at radius 3 is 2.25 bits per heavy atom. The maximum atomic E-state index is 10.3. The summed E-state index contributed by atoms with van der Waals surface area (Å²) < 4.78 is 13.7. The topological polar surface area (TPSA) is 43.4 Å². The van der Waals surface area contributed by atoms with Crippen LogP contribution in [0.2, 0.25) is 0 Å². The van der Waals surface area contributed by atoms with Crippen LogP contribution < -0.4 is 0 Å². The van der Waals surface area contributed by atoms with Crippen molar-refractivity contribution in [3.05, 3.63) is 0 Å². The molecule has 0 aromatic carbocycles. The Morgan fingerprint density at radius 2 is 2.12 bits per heavy atom. The van der Waals surface area contributed by atoms with Crippen molar-refractivity contribution >= 4 is 14.7 Å². The molecule has 0 rings (SSSR count). The standard InChI is InChI=1S/C4H7O3P/c1-3(2)4(5)7-8-6/h3H,1-2H3. The SMILES string of the molecule is CC(C)C(=O)OP=O. The third-order valence-electron chi connectivity index (χ3n) is 0.599. The van der Waals surface area contributed by atoms with Gasteiger partial charge in [-0.3, -0.25) is 4.79 Å². The summed E-state index contributed by atoms with van der Waals surface area (Å²) in [5, 5.41) is 0. The summed E-state index contributed by atoms with van der Waals surface area (Å²) in [5.74, 6) is -0.641. The van der Waals surface area contributed by atoms with Crippen molar-refractivity contribution in [2.45, 2.75) is 13.8 Å². The highest BCUT2D eigenvalue weighted by Gasteiger charge is 2.06. The molecule has 0 aliphatic carbocycles. The van der Waals surface area contributed by atoms with E-state index >= 15 is 0 Å². The highest BCUT2D eigenvalue weighted by atomic mass is 31.1. The lowest BCUT2D eigenvalue weighted by Gasteiger charge is -1.95. The molecular weight excluding hydrogens is 127 g/mol. The van der Waals surface area contributed by atoms with E-state index in [2.05, 4.69) is 4.52 Å². The summed E-state index contributed by atoms with van der Waals surface area (Å²) in [6.45, 7) is 3.35. The fourth-order valence-corrected chi connectivity index (χ4v) is 0.426. The Kier molecular flexibility index (Phi) is 3.37. The Morgan fingerprint density at radius 1 is 1.62 bits per heavy atom. The van der Waals surface area contributed by atoms with Crippen molar-refractivity contribution in [2.24, 2.45) is 5.92 Å². The van der Waals surface area contributed by atoms with Crippen LogP contribution in [0.4, 0.5) is 0 Å². The zero-order valence-corrected chi connectivity index (χ0v) is 5.64. The molecule has 8 heavy (non-hydrogen) atoms. The molecule has 0 aromatic heterocycles. The minimum Gasteiger partial charge on any atom is -0.373 e. The van der Waals surface area contributed by atoms with Crippen molar-refractivity contribution in [2.75, 3.05) is 0 Å². The van der Waals surface area contributed by atoms with Crippen molar-refractivity contribution in [1.29, 1.82) is 0 Å². The fraction of sp³-hybridized carbons (Fsp3) is 0.750. The predicted octanol–water partition coefficient (Wildman–Crippen LogP) is 1.39. The number of carbonyl (C=O) groups is 1. The molecule has 0 unspecified atom stereocenters. The minimum atomic E-state index is -0.565. The normalized spacial score (nSPS) is 9.88. The zero-order chi connectivity index (χ0) is 6.57. The molecule has 0 heterocycles. The highest BCUT2D eigenvalue weighted by molar-refractivity contribution is 7.18. The summed E-state index contributed by atoms with van der Waals surface area (Å²) in [7, 11) is -0.565. The molecule has 0 spiro atoms. The maximum absolute atomic E-state index is 10.3. The van der Waals surface area contributed by atoms with Gasteiger partial charge in [-0.1, -0.05) is 13.8 Å². The molecule has 0 bridgehead atoms. The molecule has 4 heteroatoms. The van der Waals surface area contributed by atoms with E-state index in [1.54, 1.807) is 13.8 Å². The number of carbonyl (C=O) groups excluding carboxylic acids is 1. The summed E-state index contributed by atoms with van der Waals surface area (Å²) in [5.41, 5.74) is 0. The fourth-order valence-electron chi connectivity index (χ4n) is 0.142. The molecule has 0 saturated heterocycles. The Balaban J connectivity index is 3.48. The van der Waals surface area contributed by atoms with Gasteiger partial charge in [-0.15, -0.1) is 0 Å². The summed E-state index contributed by atoms with van der Waals surface area (Å²) in [6.07, 6.45) is 0. The third-order valence-corrected chi connectivity index (χ3v) is 0.853. The second-order valence-electron chi connectivity index (χ2n) is 1.64. The van der Waals surface area contributed by atoms with Gasteiger partial charge in [0.1, 0.15) is 0 Å².